The van der Waals surface area contributed by atoms with E-state index in [9.17, 15) is 0 Å². The standard InChI is InChI=1S/C22H41/c1-2-4-6-8-10-12-14-16-18-20-22-21-19-17-15-13-11-9-7-5-3-1/h1H,2,4-22H2. The van der Waals surface area contributed by atoms with Crippen LogP contribution in [0, 0.1) is 6.08 Å². The van der Waals surface area contributed by atoms with E-state index < -0.39 is 0 Å². The first-order valence-corrected chi connectivity index (χ1v) is 10.6. The second kappa shape index (κ2) is 17.1. The van der Waals surface area contributed by atoms with Crippen LogP contribution in [0.3, 0.4) is 0 Å². The Morgan fingerprint density at radius 3 is 1.09 bits per heavy atom. The molecule has 0 atom stereocenters. The lowest BCUT2D eigenvalue weighted by atomic mass is 10.0. The summed E-state index contributed by atoms with van der Waals surface area (Å²) in [6, 6.07) is 0. The molecule has 0 aromatic rings. The van der Waals surface area contributed by atoms with E-state index in [0.717, 1.165) is 0 Å². The summed E-state index contributed by atoms with van der Waals surface area (Å²) < 4.78 is 0. The Kier molecular flexibility index (Phi) is 15.4. The number of rotatable bonds is 0. The molecule has 1 rings (SSSR count). The molecule has 1 aliphatic rings. The molecule has 0 unspecified atom stereocenters. The highest BCUT2D eigenvalue weighted by Crippen LogP contribution is 2.15. The molecule has 1 aliphatic carbocycles. The molecule has 0 heterocycles. The molecule has 1 radical (unpaired) electrons. The van der Waals surface area contributed by atoms with Crippen LogP contribution >= 0.6 is 0 Å². The fourth-order valence-corrected chi connectivity index (χ4v) is 3.51. The van der Waals surface area contributed by atoms with Crippen LogP contribution in [-0.4, -0.2) is 0 Å². The third-order valence-electron chi connectivity index (χ3n) is 5.06. The Labute approximate surface area is 141 Å². The molecule has 0 aromatic heterocycles. The van der Waals surface area contributed by atoms with E-state index in [4.69, 9.17) is 0 Å². The summed E-state index contributed by atoms with van der Waals surface area (Å²) in [7, 11) is 0. The van der Waals surface area contributed by atoms with Crippen molar-refractivity contribution in [3.8, 4) is 0 Å². The van der Waals surface area contributed by atoms with Gasteiger partial charge in [0, 0.05) is 0 Å². The van der Waals surface area contributed by atoms with Crippen molar-refractivity contribution < 1.29 is 0 Å². The van der Waals surface area contributed by atoms with Gasteiger partial charge in [-0.1, -0.05) is 109 Å². The van der Waals surface area contributed by atoms with Crippen LogP contribution in [-0.2, 0) is 0 Å². The zero-order chi connectivity index (χ0) is 15.6. The number of hydrogen-bond donors (Lipinski definition) is 0. The summed E-state index contributed by atoms with van der Waals surface area (Å²) in [5, 5.41) is 0. The second-order valence-electron chi connectivity index (χ2n) is 7.31. The molecule has 22 heavy (non-hydrogen) atoms. The van der Waals surface area contributed by atoms with Crippen molar-refractivity contribution in [3.63, 3.8) is 0 Å². The smallest absolute Gasteiger partial charge is 0.0279 e. The van der Waals surface area contributed by atoms with E-state index in [1.807, 2.05) is 0 Å². The van der Waals surface area contributed by atoms with E-state index >= 15 is 0 Å². The van der Waals surface area contributed by atoms with Crippen LogP contribution in [0.25, 0.3) is 0 Å². The molecule has 0 amide bonds. The van der Waals surface area contributed by atoms with Crippen LogP contribution in [0.15, 0.2) is 6.08 Å². The molecular weight excluding hydrogens is 264 g/mol. The van der Waals surface area contributed by atoms with E-state index in [0.29, 0.717) is 0 Å². The lowest BCUT2D eigenvalue weighted by Crippen LogP contribution is -1.84. The predicted molar refractivity (Wildman–Crippen MR) is 100 cm³/mol. The van der Waals surface area contributed by atoms with Crippen molar-refractivity contribution in [2.45, 2.75) is 128 Å². The molecule has 0 aromatic carbocycles. The topological polar surface area (TPSA) is 0 Å². The minimum absolute atomic E-state index is 1.19. The van der Waals surface area contributed by atoms with Gasteiger partial charge in [0.25, 0.3) is 0 Å². The Bertz CT molecular complexity index is 204. The summed E-state index contributed by atoms with van der Waals surface area (Å²) in [6.45, 7) is 0. The lowest BCUT2D eigenvalue weighted by molar-refractivity contribution is 0.523. The van der Waals surface area contributed by atoms with Gasteiger partial charge in [-0.3, -0.25) is 0 Å². The van der Waals surface area contributed by atoms with Crippen molar-refractivity contribution in [2.75, 3.05) is 0 Å². The van der Waals surface area contributed by atoms with Crippen molar-refractivity contribution in [1.82, 2.24) is 0 Å². The third-order valence-corrected chi connectivity index (χ3v) is 5.06. The summed E-state index contributed by atoms with van der Waals surface area (Å²) in [4.78, 5) is 0. The quantitative estimate of drug-likeness (QED) is 0.423. The lowest BCUT2D eigenvalue weighted by Gasteiger charge is -2.04. The van der Waals surface area contributed by atoms with Gasteiger partial charge in [-0.2, -0.15) is 0 Å². The SMILES string of the molecule is [C]1=C/CCCCCCCCCCCCCCCCCCCC/1. The largest absolute Gasteiger partial charge is 0.0811 e. The van der Waals surface area contributed by atoms with Crippen LogP contribution < -0.4 is 0 Å². The second-order valence-corrected chi connectivity index (χ2v) is 7.31. The van der Waals surface area contributed by atoms with Crippen molar-refractivity contribution in [2.24, 2.45) is 0 Å². The van der Waals surface area contributed by atoms with Gasteiger partial charge in [0.05, 0.1) is 0 Å². The van der Waals surface area contributed by atoms with Gasteiger partial charge in [0.1, 0.15) is 0 Å². The highest BCUT2D eigenvalue weighted by atomic mass is 14.0. The molecule has 129 valence electrons. The summed E-state index contributed by atoms with van der Waals surface area (Å²) in [5.74, 6) is 0. The molecule has 0 saturated carbocycles. The van der Waals surface area contributed by atoms with Gasteiger partial charge in [0.15, 0.2) is 0 Å². The fraction of sp³-hybridized carbons (Fsp3) is 0.909. The minimum atomic E-state index is 1.19. The van der Waals surface area contributed by atoms with Gasteiger partial charge >= 0.3 is 0 Å². The molecule has 0 saturated heterocycles. The highest BCUT2D eigenvalue weighted by Gasteiger charge is 1.95. The number of allylic oxidation sites excluding steroid dienone is 2. The Morgan fingerprint density at radius 1 is 0.364 bits per heavy atom. The molecular formula is C22H41. The van der Waals surface area contributed by atoms with Crippen LogP contribution in [0.1, 0.15) is 128 Å². The van der Waals surface area contributed by atoms with E-state index in [2.05, 4.69) is 12.2 Å². The molecule has 0 N–H and O–H groups in total. The van der Waals surface area contributed by atoms with Gasteiger partial charge < -0.3 is 0 Å². The average Bonchev–Trinajstić information content (AvgIpc) is 2.53. The third kappa shape index (κ3) is 14.7. The number of hydrogen-bond acceptors (Lipinski definition) is 0. The maximum absolute atomic E-state index is 3.50. The molecule has 0 aliphatic heterocycles. The van der Waals surface area contributed by atoms with E-state index in [1.165, 1.54) is 128 Å². The fourth-order valence-electron chi connectivity index (χ4n) is 3.51. The zero-order valence-corrected chi connectivity index (χ0v) is 15.2. The monoisotopic (exact) mass is 305 g/mol. The first-order valence-electron chi connectivity index (χ1n) is 10.6. The maximum Gasteiger partial charge on any atom is -0.0279 e. The summed E-state index contributed by atoms with van der Waals surface area (Å²) in [6.07, 6.45) is 34.5. The van der Waals surface area contributed by atoms with E-state index in [-0.39, 0.29) is 0 Å². The van der Waals surface area contributed by atoms with Crippen LogP contribution in [0.4, 0.5) is 0 Å². The van der Waals surface area contributed by atoms with Gasteiger partial charge in [-0.25, -0.2) is 0 Å². The highest BCUT2D eigenvalue weighted by molar-refractivity contribution is 4.73. The summed E-state index contributed by atoms with van der Waals surface area (Å²) >= 11 is 0. The van der Waals surface area contributed by atoms with Crippen molar-refractivity contribution in [3.05, 3.63) is 12.2 Å². The Morgan fingerprint density at radius 2 is 0.682 bits per heavy atom. The molecule has 0 fully saturated rings. The molecule has 0 bridgehead atoms. The molecule has 0 nitrogen and oxygen atoms in total. The Hall–Kier alpha value is -0.260. The van der Waals surface area contributed by atoms with Gasteiger partial charge in [0.2, 0.25) is 0 Å². The predicted octanol–water partition coefficient (Wildman–Crippen LogP) is 8.16. The molecule has 0 spiro atoms. The van der Waals surface area contributed by atoms with Crippen molar-refractivity contribution >= 4 is 0 Å². The maximum atomic E-state index is 3.50. The normalized spacial score (nSPS) is 24.7. The zero-order valence-electron chi connectivity index (χ0n) is 15.2. The average molecular weight is 306 g/mol. The van der Waals surface area contributed by atoms with E-state index in [1.54, 1.807) is 0 Å². The van der Waals surface area contributed by atoms with Crippen LogP contribution in [0.5, 0.6) is 0 Å². The minimum Gasteiger partial charge on any atom is -0.0811 e. The Balaban J connectivity index is 2.05. The summed E-state index contributed by atoms with van der Waals surface area (Å²) in [5.41, 5.74) is 0. The first kappa shape index (κ1) is 19.8. The van der Waals surface area contributed by atoms with Crippen molar-refractivity contribution in [1.29, 1.82) is 0 Å². The van der Waals surface area contributed by atoms with Gasteiger partial charge in [-0.05, 0) is 31.8 Å². The first-order chi connectivity index (χ1) is 11.0. The molecule has 0 heteroatoms. The van der Waals surface area contributed by atoms with Crippen LogP contribution in [0.2, 0.25) is 0 Å². The van der Waals surface area contributed by atoms with Gasteiger partial charge in [-0.15, -0.1) is 0 Å².